The van der Waals surface area contributed by atoms with Crippen LogP contribution >= 0.6 is 0 Å². The number of benzene rings is 2. The zero-order valence-electron chi connectivity index (χ0n) is 15.7. The fourth-order valence-corrected chi connectivity index (χ4v) is 3.46. The van der Waals surface area contributed by atoms with Crippen molar-refractivity contribution >= 4 is 5.97 Å². The molecule has 2 aromatic rings. The van der Waals surface area contributed by atoms with Crippen LogP contribution in [0.3, 0.4) is 0 Å². The van der Waals surface area contributed by atoms with E-state index in [0.717, 1.165) is 18.6 Å². The number of halogens is 2. The van der Waals surface area contributed by atoms with Gasteiger partial charge in [0.05, 0.1) is 6.10 Å². The number of ether oxygens (including phenoxy) is 1. The van der Waals surface area contributed by atoms with E-state index >= 15 is 0 Å². The predicted octanol–water partition coefficient (Wildman–Crippen LogP) is 4.91. The Hall–Kier alpha value is -2.47. The van der Waals surface area contributed by atoms with Crippen LogP contribution in [0.4, 0.5) is 8.78 Å². The first-order valence-electron chi connectivity index (χ1n) is 9.70. The van der Waals surface area contributed by atoms with Crippen LogP contribution in [0, 0.1) is 11.6 Å². The molecule has 4 nitrogen and oxygen atoms in total. The van der Waals surface area contributed by atoms with Gasteiger partial charge in [0.25, 0.3) is 0 Å². The Morgan fingerprint density at radius 2 is 1.82 bits per heavy atom. The van der Waals surface area contributed by atoms with Gasteiger partial charge in [-0.15, -0.1) is 0 Å². The second-order valence-corrected chi connectivity index (χ2v) is 7.14. The van der Waals surface area contributed by atoms with E-state index in [2.05, 4.69) is 5.32 Å². The number of carbonyl (C=O) groups is 1. The summed E-state index contributed by atoms with van der Waals surface area (Å²) in [7, 11) is 0. The van der Waals surface area contributed by atoms with E-state index in [1.165, 1.54) is 25.0 Å². The van der Waals surface area contributed by atoms with Crippen molar-refractivity contribution in [3.63, 3.8) is 0 Å². The van der Waals surface area contributed by atoms with E-state index in [0.29, 0.717) is 24.1 Å². The third-order valence-corrected chi connectivity index (χ3v) is 4.96. The summed E-state index contributed by atoms with van der Waals surface area (Å²) in [5.41, 5.74) is 1.12. The zero-order chi connectivity index (χ0) is 19.9. The quantitative estimate of drug-likeness (QED) is 0.599. The number of nitrogens with one attached hydrogen (secondary N) is 1. The zero-order valence-corrected chi connectivity index (χ0v) is 15.7. The SMILES string of the molecule is O=C(O)CCCNCc1c(F)cc(-c2cccc(OC3CCCC3)c2)cc1F. The number of carboxylic acid groups (broad SMARTS) is 1. The maximum absolute atomic E-state index is 14.5. The van der Waals surface area contributed by atoms with E-state index in [1.54, 1.807) is 6.07 Å². The predicted molar refractivity (Wildman–Crippen MR) is 103 cm³/mol. The fraction of sp³-hybridized carbons (Fsp3) is 0.409. The van der Waals surface area contributed by atoms with Gasteiger partial charge in [-0.25, -0.2) is 8.78 Å². The summed E-state index contributed by atoms with van der Waals surface area (Å²) in [6, 6.07) is 9.96. The maximum Gasteiger partial charge on any atom is 0.303 e. The molecular weight excluding hydrogens is 364 g/mol. The summed E-state index contributed by atoms with van der Waals surface area (Å²) in [5.74, 6) is -1.41. The van der Waals surface area contributed by atoms with E-state index in [1.807, 2.05) is 18.2 Å². The van der Waals surface area contributed by atoms with Gasteiger partial charge in [0.2, 0.25) is 0 Å². The van der Waals surface area contributed by atoms with E-state index in [4.69, 9.17) is 9.84 Å². The highest BCUT2D eigenvalue weighted by Crippen LogP contribution is 2.29. The molecule has 0 heterocycles. The number of hydrogen-bond acceptors (Lipinski definition) is 3. The molecule has 0 aromatic heterocycles. The normalized spacial score (nSPS) is 14.4. The third kappa shape index (κ3) is 5.52. The molecule has 1 aliphatic carbocycles. The van der Waals surface area contributed by atoms with Crippen LogP contribution in [0.5, 0.6) is 5.75 Å². The monoisotopic (exact) mass is 389 g/mol. The Morgan fingerprint density at radius 1 is 1.11 bits per heavy atom. The van der Waals surface area contributed by atoms with Gasteiger partial charge in [-0.1, -0.05) is 12.1 Å². The highest BCUT2D eigenvalue weighted by atomic mass is 19.1. The Kier molecular flexibility index (Phi) is 6.98. The number of hydrogen-bond donors (Lipinski definition) is 2. The molecule has 150 valence electrons. The molecule has 1 saturated carbocycles. The van der Waals surface area contributed by atoms with E-state index < -0.39 is 17.6 Å². The molecule has 0 saturated heterocycles. The molecule has 0 unspecified atom stereocenters. The molecule has 0 radical (unpaired) electrons. The van der Waals surface area contributed by atoms with Crippen LogP contribution in [0.2, 0.25) is 0 Å². The molecule has 2 N–H and O–H groups in total. The standard InChI is InChI=1S/C22H25F2NO3/c23-20-12-16(13-21(24)19(20)14-25-10-4-9-22(26)27)15-5-3-8-18(11-15)28-17-6-1-2-7-17/h3,5,8,11-13,17,25H,1-2,4,6-7,9-10,14H2,(H,26,27). The van der Waals surface area contributed by atoms with Crippen LogP contribution in [0.25, 0.3) is 11.1 Å². The summed E-state index contributed by atoms with van der Waals surface area (Å²) in [6.07, 6.45) is 5.08. The van der Waals surface area contributed by atoms with Gasteiger partial charge in [0.15, 0.2) is 0 Å². The van der Waals surface area contributed by atoms with Crippen molar-refractivity contribution in [3.05, 3.63) is 53.6 Å². The number of carboxylic acids is 1. The Bertz CT molecular complexity index is 796. The van der Waals surface area contributed by atoms with Crippen LogP contribution in [0.15, 0.2) is 36.4 Å². The highest BCUT2D eigenvalue weighted by molar-refractivity contribution is 5.66. The van der Waals surface area contributed by atoms with Crippen LogP contribution in [-0.4, -0.2) is 23.7 Å². The van der Waals surface area contributed by atoms with Gasteiger partial charge >= 0.3 is 5.97 Å². The van der Waals surface area contributed by atoms with Gasteiger partial charge in [-0.05, 0) is 74.0 Å². The summed E-state index contributed by atoms with van der Waals surface area (Å²) in [5, 5.41) is 11.5. The molecule has 0 bridgehead atoms. The molecule has 2 aromatic carbocycles. The lowest BCUT2D eigenvalue weighted by atomic mass is 10.0. The van der Waals surface area contributed by atoms with Crippen molar-refractivity contribution in [2.45, 2.75) is 51.2 Å². The van der Waals surface area contributed by atoms with Crippen molar-refractivity contribution in [2.24, 2.45) is 0 Å². The second kappa shape index (κ2) is 9.64. The molecule has 1 aliphatic rings. The maximum atomic E-state index is 14.5. The minimum Gasteiger partial charge on any atom is -0.490 e. The van der Waals surface area contributed by atoms with Gasteiger partial charge in [-0.3, -0.25) is 4.79 Å². The average Bonchev–Trinajstić information content (AvgIpc) is 3.16. The lowest BCUT2D eigenvalue weighted by molar-refractivity contribution is -0.137. The van der Waals surface area contributed by atoms with Crippen molar-refractivity contribution in [2.75, 3.05) is 6.54 Å². The topological polar surface area (TPSA) is 58.6 Å². The molecule has 0 spiro atoms. The Labute approximate surface area is 163 Å². The van der Waals surface area contributed by atoms with Crippen LogP contribution in [-0.2, 0) is 11.3 Å². The molecule has 3 rings (SSSR count). The van der Waals surface area contributed by atoms with Gasteiger partial charge in [0, 0.05) is 18.5 Å². The molecular formula is C22H25F2NO3. The Balaban J connectivity index is 1.67. The molecule has 0 aliphatic heterocycles. The third-order valence-electron chi connectivity index (χ3n) is 4.96. The van der Waals surface area contributed by atoms with Crippen molar-refractivity contribution < 1.29 is 23.4 Å². The fourth-order valence-electron chi connectivity index (χ4n) is 3.46. The number of aliphatic carboxylic acids is 1. The molecule has 28 heavy (non-hydrogen) atoms. The molecule has 1 fully saturated rings. The first-order chi connectivity index (χ1) is 13.5. The van der Waals surface area contributed by atoms with Crippen LogP contribution < -0.4 is 10.1 Å². The van der Waals surface area contributed by atoms with Gasteiger partial charge < -0.3 is 15.2 Å². The molecule has 0 atom stereocenters. The van der Waals surface area contributed by atoms with Gasteiger partial charge in [0.1, 0.15) is 17.4 Å². The molecule has 6 heteroatoms. The first-order valence-corrected chi connectivity index (χ1v) is 9.70. The highest BCUT2D eigenvalue weighted by Gasteiger charge is 2.17. The average molecular weight is 389 g/mol. The lowest BCUT2D eigenvalue weighted by Crippen LogP contribution is -2.17. The van der Waals surface area contributed by atoms with Crippen molar-refractivity contribution in [1.29, 1.82) is 0 Å². The summed E-state index contributed by atoms with van der Waals surface area (Å²) in [4.78, 5) is 10.5. The van der Waals surface area contributed by atoms with Crippen molar-refractivity contribution in [1.82, 2.24) is 5.32 Å². The minimum absolute atomic E-state index is 0.0163. The number of rotatable bonds is 9. The minimum atomic E-state index is -0.886. The van der Waals surface area contributed by atoms with Gasteiger partial charge in [-0.2, -0.15) is 0 Å². The second-order valence-electron chi connectivity index (χ2n) is 7.14. The lowest BCUT2D eigenvalue weighted by Gasteiger charge is -2.14. The van der Waals surface area contributed by atoms with Crippen LogP contribution in [0.1, 0.15) is 44.1 Å². The van der Waals surface area contributed by atoms with Crippen molar-refractivity contribution in [3.8, 4) is 16.9 Å². The molecule has 0 amide bonds. The summed E-state index contributed by atoms with van der Waals surface area (Å²) >= 11 is 0. The van der Waals surface area contributed by atoms with E-state index in [9.17, 15) is 13.6 Å². The Morgan fingerprint density at radius 3 is 2.50 bits per heavy atom. The largest absolute Gasteiger partial charge is 0.490 e. The smallest absolute Gasteiger partial charge is 0.303 e. The summed E-state index contributed by atoms with van der Waals surface area (Å²) in [6.45, 7) is 0.399. The van der Waals surface area contributed by atoms with E-state index in [-0.39, 0.29) is 24.6 Å². The summed E-state index contributed by atoms with van der Waals surface area (Å²) < 4.78 is 34.9. The first kappa shape index (κ1) is 20.3.